The predicted octanol–water partition coefficient (Wildman–Crippen LogP) is 3.85. The molecule has 2 heterocycles. The number of benzene rings is 2. The molecule has 0 radical (unpaired) electrons. The summed E-state index contributed by atoms with van der Waals surface area (Å²) in [5, 5.41) is 14.0. The molecule has 1 aliphatic carbocycles. The van der Waals surface area contributed by atoms with Gasteiger partial charge in [0.2, 0.25) is 11.7 Å². The number of carbonyl (C=O) groups is 2. The number of carbonyl (C=O) groups excluding carboxylic acids is 2. The zero-order chi connectivity index (χ0) is 28.1. The lowest BCUT2D eigenvalue weighted by Gasteiger charge is -2.32. The van der Waals surface area contributed by atoms with Crippen LogP contribution in [-0.2, 0) is 16.0 Å². The van der Waals surface area contributed by atoms with Crippen molar-refractivity contribution in [3.63, 3.8) is 0 Å². The minimum absolute atomic E-state index is 0. The number of hydrogen-bond acceptors (Lipinski definition) is 8. The van der Waals surface area contributed by atoms with E-state index in [9.17, 15) is 9.59 Å². The lowest BCUT2D eigenvalue weighted by molar-refractivity contribution is -0.130. The fourth-order valence-electron chi connectivity index (χ4n) is 5.35. The van der Waals surface area contributed by atoms with E-state index in [2.05, 4.69) is 25.6 Å². The molecule has 5 N–H and O–H groups in total. The van der Waals surface area contributed by atoms with Crippen molar-refractivity contribution < 1.29 is 9.59 Å². The fraction of sp³-hybridized carbons (Fsp3) is 0.333. The maximum atomic E-state index is 13.8. The van der Waals surface area contributed by atoms with Gasteiger partial charge in [-0.2, -0.15) is 5.21 Å². The molecule has 2 amide bonds. The van der Waals surface area contributed by atoms with Crippen LogP contribution in [0.3, 0.4) is 0 Å². The Morgan fingerprint density at radius 1 is 1.00 bits per heavy atom. The number of rotatable bonds is 8. The van der Waals surface area contributed by atoms with Crippen molar-refractivity contribution in [2.45, 2.75) is 45.1 Å². The number of nitrogens with zero attached hydrogens (tertiary/aromatic N) is 5. The van der Waals surface area contributed by atoms with Gasteiger partial charge in [0.05, 0.1) is 11.7 Å². The third-order valence-electron chi connectivity index (χ3n) is 7.74. The number of halogens is 1. The Labute approximate surface area is 245 Å². The lowest BCUT2D eigenvalue weighted by atomic mass is 9.81. The van der Waals surface area contributed by atoms with E-state index in [1.54, 1.807) is 30.5 Å². The SMILES string of the molecule is Cc1ncccc1-c1ccc(C[C@H](N)C(=O)N(c2ccc(-c3nn[nH]n3)cc2)C(=O)[C@H]2CC[C@H](CN)CC2)cc1.Cl. The van der Waals surface area contributed by atoms with Crippen molar-refractivity contribution in [2.24, 2.45) is 23.3 Å². The highest BCUT2D eigenvalue weighted by Crippen LogP contribution is 2.32. The molecular weight excluding hydrogens is 540 g/mol. The highest BCUT2D eigenvalue weighted by molar-refractivity contribution is 6.17. The van der Waals surface area contributed by atoms with E-state index >= 15 is 0 Å². The minimum atomic E-state index is -0.896. The van der Waals surface area contributed by atoms with E-state index in [-0.39, 0.29) is 24.2 Å². The first kappa shape index (κ1) is 30.0. The summed E-state index contributed by atoms with van der Waals surface area (Å²) >= 11 is 0. The normalized spacial score (nSPS) is 17.3. The second kappa shape index (κ2) is 13.6. The third-order valence-corrected chi connectivity index (χ3v) is 7.74. The highest BCUT2D eigenvalue weighted by Gasteiger charge is 2.35. The first-order valence-corrected chi connectivity index (χ1v) is 13.6. The van der Waals surface area contributed by atoms with E-state index in [1.807, 2.05) is 43.3 Å². The van der Waals surface area contributed by atoms with E-state index in [0.717, 1.165) is 35.2 Å². The molecule has 10 nitrogen and oxygen atoms in total. The van der Waals surface area contributed by atoms with Crippen LogP contribution in [-0.4, -0.2) is 50.0 Å². The number of pyridine rings is 1. The van der Waals surface area contributed by atoms with Gasteiger partial charge in [-0.1, -0.05) is 30.3 Å². The average Bonchev–Trinajstić information content (AvgIpc) is 3.53. The number of aromatic nitrogens is 5. The van der Waals surface area contributed by atoms with Crippen LogP contribution in [0.25, 0.3) is 22.5 Å². The van der Waals surface area contributed by atoms with E-state index in [0.29, 0.717) is 48.8 Å². The van der Waals surface area contributed by atoms with Gasteiger partial charge in [-0.05, 0) is 98.2 Å². The smallest absolute Gasteiger partial charge is 0.251 e. The second-order valence-electron chi connectivity index (χ2n) is 10.4. The summed E-state index contributed by atoms with van der Waals surface area (Å²) in [5.74, 6) is -0.0467. The largest absolute Gasteiger partial charge is 0.330 e. The molecule has 1 fully saturated rings. The van der Waals surface area contributed by atoms with Crippen LogP contribution < -0.4 is 16.4 Å². The average molecular weight is 575 g/mol. The molecule has 214 valence electrons. The van der Waals surface area contributed by atoms with Crippen LogP contribution in [0.5, 0.6) is 0 Å². The van der Waals surface area contributed by atoms with Crippen LogP contribution >= 0.6 is 12.4 Å². The van der Waals surface area contributed by atoms with Crippen LogP contribution in [0, 0.1) is 18.8 Å². The summed E-state index contributed by atoms with van der Waals surface area (Å²) in [6, 6.07) is 18.0. The molecule has 41 heavy (non-hydrogen) atoms. The van der Waals surface area contributed by atoms with E-state index in [4.69, 9.17) is 11.5 Å². The number of nitrogens with two attached hydrogens (primary N) is 2. The van der Waals surface area contributed by atoms with Gasteiger partial charge in [0.1, 0.15) is 0 Å². The van der Waals surface area contributed by atoms with Gasteiger partial charge in [-0.3, -0.25) is 14.6 Å². The number of anilines is 1. The Balaban J connectivity index is 0.00000387. The van der Waals surface area contributed by atoms with Crippen molar-refractivity contribution in [1.29, 1.82) is 0 Å². The number of hydrogen-bond donors (Lipinski definition) is 3. The molecule has 11 heteroatoms. The Hall–Kier alpha value is -3.99. The highest BCUT2D eigenvalue weighted by atomic mass is 35.5. The monoisotopic (exact) mass is 574 g/mol. The zero-order valence-corrected chi connectivity index (χ0v) is 23.8. The minimum Gasteiger partial charge on any atom is -0.330 e. The zero-order valence-electron chi connectivity index (χ0n) is 22.9. The Kier molecular flexibility index (Phi) is 9.93. The van der Waals surface area contributed by atoms with Gasteiger partial charge in [-0.15, -0.1) is 22.6 Å². The van der Waals surface area contributed by atoms with Crippen LogP contribution in [0.2, 0.25) is 0 Å². The molecule has 2 aromatic heterocycles. The molecule has 2 aromatic carbocycles. The predicted molar refractivity (Wildman–Crippen MR) is 160 cm³/mol. The standard InChI is InChI=1S/C30H34N8O2.ClH/c1-19-26(3-2-16-33-19)22-8-4-20(5-9-22)17-27(32)30(40)38(29(39)24-10-6-21(18-31)7-11-24)25-14-12-23(13-15-25)28-34-36-37-35-28;/h2-5,8-9,12-16,21,24,27H,6-7,10-11,17-18,31-32H2,1H3,(H,34,35,36,37);1H/t21-,24-,27-;/m0./s1. The van der Waals surface area contributed by atoms with Gasteiger partial charge in [0.15, 0.2) is 0 Å². The first-order chi connectivity index (χ1) is 19.4. The number of amides is 2. The van der Waals surface area contributed by atoms with Gasteiger partial charge in [0.25, 0.3) is 5.91 Å². The number of imide groups is 1. The molecule has 4 aromatic rings. The van der Waals surface area contributed by atoms with Gasteiger partial charge in [0, 0.05) is 28.9 Å². The van der Waals surface area contributed by atoms with Crippen LogP contribution in [0.15, 0.2) is 66.9 Å². The molecular formula is C30H35ClN8O2. The number of aryl methyl sites for hydroxylation is 1. The topological polar surface area (TPSA) is 157 Å². The summed E-state index contributed by atoms with van der Waals surface area (Å²) < 4.78 is 0. The van der Waals surface area contributed by atoms with Crippen molar-refractivity contribution >= 4 is 29.9 Å². The maximum absolute atomic E-state index is 13.8. The van der Waals surface area contributed by atoms with Gasteiger partial charge in [-0.25, -0.2) is 4.90 Å². The number of nitrogens with one attached hydrogen (secondary N) is 1. The van der Waals surface area contributed by atoms with Crippen LogP contribution in [0.1, 0.15) is 36.9 Å². The van der Waals surface area contributed by atoms with E-state index in [1.165, 1.54) is 4.90 Å². The summed E-state index contributed by atoms with van der Waals surface area (Å²) in [4.78, 5) is 33.3. The van der Waals surface area contributed by atoms with Gasteiger partial charge < -0.3 is 11.5 Å². The molecule has 0 aliphatic heterocycles. The molecule has 1 saturated carbocycles. The first-order valence-electron chi connectivity index (χ1n) is 13.6. The molecule has 0 unspecified atom stereocenters. The number of tetrazole rings is 1. The number of aromatic amines is 1. The molecule has 1 aliphatic rings. The number of H-pyrrole nitrogens is 1. The summed E-state index contributed by atoms with van der Waals surface area (Å²) in [6.07, 6.45) is 5.23. The Morgan fingerprint density at radius 2 is 1.68 bits per heavy atom. The Bertz CT molecular complexity index is 1440. The maximum Gasteiger partial charge on any atom is 0.251 e. The summed E-state index contributed by atoms with van der Waals surface area (Å²) in [5.41, 5.74) is 17.5. The second-order valence-corrected chi connectivity index (χ2v) is 10.4. The van der Waals surface area contributed by atoms with Crippen molar-refractivity contribution in [3.8, 4) is 22.5 Å². The molecule has 0 saturated heterocycles. The van der Waals surface area contributed by atoms with E-state index < -0.39 is 11.9 Å². The Morgan fingerprint density at radius 3 is 2.29 bits per heavy atom. The van der Waals surface area contributed by atoms with Gasteiger partial charge >= 0.3 is 0 Å². The summed E-state index contributed by atoms with van der Waals surface area (Å²) in [7, 11) is 0. The molecule has 0 spiro atoms. The quantitative estimate of drug-likeness (QED) is 0.286. The molecule has 5 rings (SSSR count). The lowest BCUT2D eigenvalue weighted by Crippen LogP contribution is -2.50. The fourth-order valence-corrected chi connectivity index (χ4v) is 5.35. The van der Waals surface area contributed by atoms with Crippen molar-refractivity contribution in [1.82, 2.24) is 25.6 Å². The molecule has 0 bridgehead atoms. The van der Waals surface area contributed by atoms with Crippen LogP contribution in [0.4, 0.5) is 5.69 Å². The third kappa shape index (κ3) is 6.84. The van der Waals surface area contributed by atoms with Crippen molar-refractivity contribution in [3.05, 3.63) is 78.1 Å². The molecule has 1 atom stereocenters. The van der Waals surface area contributed by atoms with Crippen molar-refractivity contribution in [2.75, 3.05) is 11.4 Å². The summed E-state index contributed by atoms with van der Waals surface area (Å²) in [6.45, 7) is 2.59.